The quantitative estimate of drug-likeness (QED) is 0.438. The Hall–Kier alpha value is -3.12. The molecule has 2 atom stereocenters. The number of hydrogen-bond donors (Lipinski definition) is 3. The van der Waals surface area contributed by atoms with Gasteiger partial charge in [-0.25, -0.2) is 0 Å². The van der Waals surface area contributed by atoms with Crippen LogP contribution in [0.5, 0.6) is 5.75 Å². The molecule has 0 radical (unpaired) electrons. The number of aromatic hydroxyl groups is 1. The van der Waals surface area contributed by atoms with E-state index in [-0.39, 0.29) is 23.6 Å². The zero-order valence-electron chi connectivity index (χ0n) is 15.1. The van der Waals surface area contributed by atoms with Gasteiger partial charge < -0.3 is 20.2 Å². The first-order chi connectivity index (χ1) is 12.8. The van der Waals surface area contributed by atoms with Crippen LogP contribution in [0.25, 0.3) is 5.76 Å². The van der Waals surface area contributed by atoms with Crippen LogP contribution in [0.3, 0.4) is 0 Å². The predicted molar refractivity (Wildman–Crippen MR) is 100.0 cm³/mol. The van der Waals surface area contributed by atoms with Gasteiger partial charge >= 0.3 is 0 Å². The molecule has 6 heteroatoms. The number of benzene rings is 2. The molecule has 3 rings (SSSR count). The molecule has 2 aromatic carbocycles. The van der Waals surface area contributed by atoms with E-state index in [9.17, 15) is 24.9 Å². The lowest BCUT2D eigenvalue weighted by Crippen LogP contribution is -2.35. The normalized spacial score (nSPS) is 20.1. The average Bonchev–Trinajstić information content (AvgIpc) is 2.87. The van der Waals surface area contributed by atoms with Crippen molar-refractivity contribution in [1.82, 2.24) is 4.90 Å². The number of hydrogen-bond acceptors (Lipinski definition) is 5. The van der Waals surface area contributed by atoms with Gasteiger partial charge in [0.15, 0.2) is 0 Å². The monoisotopic (exact) mass is 367 g/mol. The van der Waals surface area contributed by atoms with Gasteiger partial charge in [-0.3, -0.25) is 9.59 Å². The van der Waals surface area contributed by atoms with Crippen molar-refractivity contribution >= 4 is 17.4 Å². The van der Waals surface area contributed by atoms with Crippen molar-refractivity contribution in [2.24, 2.45) is 0 Å². The molecule has 2 unspecified atom stereocenters. The minimum absolute atomic E-state index is 0.0322. The lowest BCUT2D eigenvalue weighted by atomic mass is 9.95. The van der Waals surface area contributed by atoms with Crippen molar-refractivity contribution in [2.75, 3.05) is 6.54 Å². The number of carbonyl (C=O) groups excluding carboxylic acids is 2. The van der Waals surface area contributed by atoms with Gasteiger partial charge in [-0.1, -0.05) is 42.0 Å². The molecule has 0 bridgehead atoms. The highest BCUT2D eigenvalue weighted by Gasteiger charge is 2.46. The molecule has 1 aliphatic rings. The molecule has 1 fully saturated rings. The van der Waals surface area contributed by atoms with Crippen LogP contribution in [0.4, 0.5) is 0 Å². The van der Waals surface area contributed by atoms with E-state index in [4.69, 9.17) is 0 Å². The van der Waals surface area contributed by atoms with Gasteiger partial charge in [0.05, 0.1) is 17.7 Å². The van der Waals surface area contributed by atoms with E-state index in [1.54, 1.807) is 36.4 Å². The first-order valence-electron chi connectivity index (χ1n) is 8.62. The van der Waals surface area contributed by atoms with Crippen LogP contribution >= 0.6 is 0 Å². The number of likely N-dealkylation sites (tertiary alicyclic amines) is 1. The molecule has 3 N–H and O–H groups in total. The van der Waals surface area contributed by atoms with Crippen LogP contribution in [-0.2, 0) is 9.59 Å². The van der Waals surface area contributed by atoms with Crippen molar-refractivity contribution in [3.05, 3.63) is 70.8 Å². The van der Waals surface area contributed by atoms with Gasteiger partial charge in [-0.05, 0) is 31.5 Å². The van der Waals surface area contributed by atoms with E-state index < -0.39 is 23.8 Å². The summed E-state index contributed by atoms with van der Waals surface area (Å²) in [5, 5.41) is 30.1. The number of Topliss-reactive ketones (excluding diaryl/α,β-unsaturated/α-hetero) is 1. The summed E-state index contributed by atoms with van der Waals surface area (Å²) in [6, 6.07) is 12.2. The molecule has 1 amide bonds. The molecule has 27 heavy (non-hydrogen) atoms. The van der Waals surface area contributed by atoms with Crippen LogP contribution in [0.15, 0.2) is 54.1 Å². The zero-order chi connectivity index (χ0) is 19.7. The average molecular weight is 367 g/mol. The van der Waals surface area contributed by atoms with E-state index in [1.165, 1.54) is 24.0 Å². The van der Waals surface area contributed by atoms with Crippen molar-refractivity contribution in [3.63, 3.8) is 0 Å². The number of carbonyl (C=O) groups is 2. The molecule has 1 saturated heterocycles. The Kier molecular flexibility index (Phi) is 5.01. The van der Waals surface area contributed by atoms with E-state index >= 15 is 0 Å². The molecule has 0 spiro atoms. The van der Waals surface area contributed by atoms with E-state index in [0.717, 1.165) is 5.56 Å². The highest BCUT2D eigenvalue weighted by Crippen LogP contribution is 2.39. The maximum atomic E-state index is 12.7. The van der Waals surface area contributed by atoms with E-state index in [1.807, 2.05) is 6.92 Å². The Morgan fingerprint density at radius 3 is 2.22 bits per heavy atom. The number of phenolic OH excluding ortho intramolecular Hbond substituents is 1. The van der Waals surface area contributed by atoms with Gasteiger partial charge in [-0.2, -0.15) is 0 Å². The first kappa shape index (κ1) is 18.7. The topological polar surface area (TPSA) is 98.1 Å². The number of ketones is 1. The maximum absolute atomic E-state index is 12.7. The fourth-order valence-corrected chi connectivity index (χ4v) is 3.22. The summed E-state index contributed by atoms with van der Waals surface area (Å²) in [6.45, 7) is 3.37. The van der Waals surface area contributed by atoms with Gasteiger partial charge in [0.25, 0.3) is 11.7 Å². The number of phenols is 1. The number of β-amino-alcohol motifs (C(OH)–C–C–N with tert-alkyl or cyclic N) is 1. The Labute approximate surface area is 157 Å². The Morgan fingerprint density at radius 1 is 1.07 bits per heavy atom. The summed E-state index contributed by atoms with van der Waals surface area (Å²) in [5.41, 5.74) is 1.95. The van der Waals surface area contributed by atoms with Crippen molar-refractivity contribution in [1.29, 1.82) is 0 Å². The molecule has 0 aromatic heterocycles. The minimum Gasteiger partial charge on any atom is -0.508 e. The minimum atomic E-state index is -0.846. The lowest BCUT2D eigenvalue weighted by Gasteiger charge is -2.26. The summed E-state index contributed by atoms with van der Waals surface area (Å²) in [4.78, 5) is 26.5. The molecule has 1 heterocycles. The number of nitrogens with zero attached hydrogens (tertiary/aromatic N) is 1. The number of aryl methyl sites for hydroxylation is 1. The standard InChI is InChI=1S/C21H21NO5/c1-12-3-5-15(6-4-12)19(25)17-18(14-7-9-16(24)10-8-14)22(11-13(2)23)21(27)20(17)26/h3-10,13,18,23-25H,11H2,1-2H3/b19-17+. The SMILES string of the molecule is Cc1ccc(/C(O)=C2\C(=O)C(=O)N(CC(C)O)C2c2ccc(O)cc2)cc1. The second-order valence-electron chi connectivity index (χ2n) is 6.76. The van der Waals surface area contributed by atoms with Gasteiger partial charge in [0.2, 0.25) is 0 Å². The largest absolute Gasteiger partial charge is 0.508 e. The molecule has 2 aromatic rings. The number of aliphatic hydroxyl groups excluding tert-OH is 2. The molecule has 0 saturated carbocycles. The van der Waals surface area contributed by atoms with Crippen LogP contribution in [0, 0.1) is 6.92 Å². The fourth-order valence-electron chi connectivity index (χ4n) is 3.22. The summed E-state index contributed by atoms with van der Waals surface area (Å²) in [7, 11) is 0. The van der Waals surface area contributed by atoms with Crippen LogP contribution in [0.1, 0.15) is 29.7 Å². The van der Waals surface area contributed by atoms with E-state index in [2.05, 4.69) is 0 Å². The smallest absolute Gasteiger partial charge is 0.295 e. The number of rotatable bonds is 4. The molecule has 140 valence electrons. The molecule has 0 aliphatic carbocycles. The highest BCUT2D eigenvalue weighted by atomic mass is 16.3. The highest BCUT2D eigenvalue weighted by molar-refractivity contribution is 6.46. The third kappa shape index (κ3) is 3.57. The van der Waals surface area contributed by atoms with Gasteiger partial charge in [0.1, 0.15) is 11.5 Å². The number of amides is 1. The third-order valence-electron chi connectivity index (χ3n) is 4.53. The summed E-state index contributed by atoms with van der Waals surface area (Å²) in [5.74, 6) is -1.79. The van der Waals surface area contributed by atoms with Gasteiger partial charge in [-0.15, -0.1) is 0 Å². The van der Waals surface area contributed by atoms with Crippen LogP contribution in [0.2, 0.25) is 0 Å². The Bertz CT molecular complexity index is 897. The Morgan fingerprint density at radius 2 is 1.67 bits per heavy atom. The second kappa shape index (κ2) is 7.25. The summed E-state index contributed by atoms with van der Waals surface area (Å²) < 4.78 is 0. The first-order valence-corrected chi connectivity index (χ1v) is 8.62. The molecule has 1 aliphatic heterocycles. The Balaban J connectivity index is 2.17. The third-order valence-corrected chi connectivity index (χ3v) is 4.53. The molecular formula is C21H21NO5. The predicted octanol–water partition coefficient (Wildman–Crippen LogP) is 2.50. The molecular weight excluding hydrogens is 346 g/mol. The van der Waals surface area contributed by atoms with Crippen molar-refractivity contribution < 1.29 is 24.9 Å². The van der Waals surface area contributed by atoms with E-state index in [0.29, 0.717) is 11.1 Å². The van der Waals surface area contributed by atoms with Crippen molar-refractivity contribution in [3.8, 4) is 5.75 Å². The van der Waals surface area contributed by atoms with Crippen LogP contribution < -0.4 is 0 Å². The lowest BCUT2D eigenvalue weighted by molar-refractivity contribution is -0.140. The maximum Gasteiger partial charge on any atom is 0.295 e. The summed E-state index contributed by atoms with van der Waals surface area (Å²) in [6.07, 6.45) is -0.845. The fraction of sp³-hybridized carbons (Fsp3) is 0.238. The second-order valence-corrected chi connectivity index (χ2v) is 6.76. The summed E-state index contributed by atoms with van der Waals surface area (Å²) >= 11 is 0. The van der Waals surface area contributed by atoms with Crippen LogP contribution in [-0.4, -0.2) is 44.6 Å². The molecule has 6 nitrogen and oxygen atoms in total. The number of aliphatic hydroxyl groups is 2. The zero-order valence-corrected chi connectivity index (χ0v) is 15.1. The van der Waals surface area contributed by atoms with Crippen molar-refractivity contribution in [2.45, 2.75) is 26.0 Å². The van der Waals surface area contributed by atoms with Gasteiger partial charge in [0, 0.05) is 12.1 Å².